The highest BCUT2D eigenvalue weighted by Crippen LogP contribution is 2.64. The summed E-state index contributed by atoms with van der Waals surface area (Å²) in [6, 6.07) is 0. The first kappa shape index (κ1) is 20.5. The van der Waals surface area contributed by atoms with Gasteiger partial charge in [0.05, 0.1) is 5.66 Å². The van der Waals surface area contributed by atoms with Crippen molar-refractivity contribution < 1.29 is 0 Å². The Morgan fingerprint density at radius 1 is 0.600 bits per heavy atom. The largest absolute Gasteiger partial charge is 0.313 e. The first-order valence-corrected chi connectivity index (χ1v) is 8.83. The van der Waals surface area contributed by atoms with Crippen LogP contribution in [0.1, 0.15) is 80.1 Å². The molecule has 0 aromatic rings. The summed E-state index contributed by atoms with van der Waals surface area (Å²) in [6.45, 7) is 12.7. The van der Waals surface area contributed by atoms with Gasteiger partial charge in [-0.1, -0.05) is 41.5 Å². The summed E-state index contributed by atoms with van der Waals surface area (Å²) >= 11 is 13.6. The molecule has 20 heavy (non-hydrogen) atoms. The fourth-order valence-electron chi connectivity index (χ4n) is 4.50. The predicted octanol–water partition coefficient (Wildman–Crippen LogP) is 5.21. The minimum Gasteiger partial charge on any atom is -0.313 e. The fourth-order valence-corrected chi connectivity index (χ4v) is 5.40. The first-order valence-electron chi connectivity index (χ1n) is 8.07. The summed E-state index contributed by atoms with van der Waals surface area (Å²) in [6.07, 6.45) is 4.92. The fraction of sp³-hybridized carbons (Fsp3) is 1.00. The van der Waals surface area contributed by atoms with Gasteiger partial charge in [-0.3, -0.25) is 0 Å². The van der Waals surface area contributed by atoms with E-state index in [2.05, 4.69) is 27.7 Å². The van der Waals surface area contributed by atoms with Crippen molar-refractivity contribution in [1.82, 2.24) is 0 Å². The van der Waals surface area contributed by atoms with Gasteiger partial charge in [-0.25, -0.2) is 0 Å². The molecule has 4 N–H and O–H groups in total. The van der Waals surface area contributed by atoms with Gasteiger partial charge in [-0.15, -0.1) is 23.2 Å². The van der Waals surface area contributed by atoms with Gasteiger partial charge in [0.2, 0.25) is 0 Å². The van der Waals surface area contributed by atoms with Crippen LogP contribution in [-0.2, 0) is 0 Å². The zero-order valence-corrected chi connectivity index (χ0v) is 15.7. The zero-order valence-electron chi connectivity index (χ0n) is 14.2. The van der Waals surface area contributed by atoms with Crippen LogP contribution in [0.5, 0.6) is 0 Å². The molecule has 0 atom stereocenters. The van der Waals surface area contributed by atoms with E-state index in [1.165, 1.54) is 0 Å². The summed E-state index contributed by atoms with van der Waals surface area (Å²) in [7, 11) is 0. The molecule has 0 spiro atoms. The lowest BCUT2D eigenvalue weighted by Crippen LogP contribution is -2.70. The molecule has 4 heteroatoms. The zero-order chi connectivity index (χ0) is 16.2. The molecule has 0 radical (unpaired) electrons. The summed E-state index contributed by atoms with van der Waals surface area (Å²) in [5.41, 5.74) is 11.8. The lowest BCUT2D eigenvalue weighted by Gasteiger charge is -2.61. The molecule has 0 saturated carbocycles. The molecule has 2 nitrogen and oxygen atoms in total. The molecule has 0 rings (SSSR count). The summed E-state index contributed by atoms with van der Waals surface area (Å²) in [5.74, 6) is 0. The molecule has 0 heterocycles. The molecule has 0 saturated heterocycles. The van der Waals surface area contributed by atoms with Gasteiger partial charge in [0, 0.05) is 10.8 Å². The van der Waals surface area contributed by atoms with E-state index in [4.69, 9.17) is 34.7 Å². The van der Waals surface area contributed by atoms with E-state index in [0.29, 0.717) is 12.8 Å². The second kappa shape index (κ2) is 7.17. The molecule has 0 aliphatic rings. The molecular formula is C16H34Cl2N2. The van der Waals surface area contributed by atoms with Gasteiger partial charge in [0.1, 0.15) is 4.33 Å². The smallest absolute Gasteiger partial charge is 0.124 e. The Hall–Kier alpha value is 0.500. The van der Waals surface area contributed by atoms with Crippen molar-refractivity contribution in [2.75, 3.05) is 0 Å². The quantitative estimate of drug-likeness (QED) is 0.452. The average Bonchev–Trinajstić information content (AvgIpc) is 2.44. The maximum Gasteiger partial charge on any atom is 0.124 e. The number of nitrogens with two attached hydrogens (primary N) is 2. The molecule has 0 unspecified atom stereocenters. The van der Waals surface area contributed by atoms with Crippen molar-refractivity contribution in [1.29, 1.82) is 0 Å². The number of halogens is 2. The Bertz CT molecular complexity index is 263. The van der Waals surface area contributed by atoms with Crippen molar-refractivity contribution in [2.45, 2.75) is 90.1 Å². The average molecular weight is 325 g/mol. The van der Waals surface area contributed by atoms with Crippen LogP contribution in [0.3, 0.4) is 0 Å². The van der Waals surface area contributed by atoms with Crippen molar-refractivity contribution >= 4 is 23.2 Å². The van der Waals surface area contributed by atoms with Crippen LogP contribution in [0.25, 0.3) is 0 Å². The van der Waals surface area contributed by atoms with Crippen molar-refractivity contribution in [2.24, 2.45) is 22.3 Å². The highest BCUT2D eigenvalue weighted by atomic mass is 35.5. The van der Waals surface area contributed by atoms with Crippen LogP contribution in [0.15, 0.2) is 0 Å². The van der Waals surface area contributed by atoms with Crippen molar-refractivity contribution in [3.63, 3.8) is 0 Å². The third-order valence-electron chi connectivity index (χ3n) is 5.95. The first-order chi connectivity index (χ1) is 9.11. The van der Waals surface area contributed by atoms with E-state index in [-0.39, 0.29) is 10.8 Å². The Kier molecular flexibility index (Phi) is 7.35. The number of alkyl halides is 2. The molecule has 122 valence electrons. The van der Waals surface area contributed by atoms with E-state index >= 15 is 0 Å². The van der Waals surface area contributed by atoms with E-state index in [9.17, 15) is 0 Å². The van der Waals surface area contributed by atoms with Crippen LogP contribution >= 0.6 is 23.2 Å². The Labute approximate surface area is 135 Å². The third kappa shape index (κ3) is 2.74. The molecule has 0 bridgehead atoms. The van der Waals surface area contributed by atoms with E-state index in [1.807, 2.05) is 13.8 Å². The normalized spacial score (nSPS) is 14.7. The summed E-state index contributed by atoms with van der Waals surface area (Å²) < 4.78 is -0.818. The van der Waals surface area contributed by atoms with Crippen molar-refractivity contribution in [3.05, 3.63) is 0 Å². The third-order valence-corrected chi connectivity index (χ3v) is 7.21. The second-order valence-electron chi connectivity index (χ2n) is 6.03. The molecule has 0 amide bonds. The van der Waals surface area contributed by atoms with Gasteiger partial charge in [-0.2, -0.15) is 0 Å². The second-order valence-corrected chi connectivity index (χ2v) is 7.51. The van der Waals surface area contributed by atoms with Gasteiger partial charge in [0.15, 0.2) is 0 Å². The summed E-state index contributed by atoms with van der Waals surface area (Å²) in [4.78, 5) is 0. The van der Waals surface area contributed by atoms with E-state index < -0.39 is 10.00 Å². The SMILES string of the molecule is CCC(N)(N)C(CC)(CC)C(CC)(CC)C(Cl)(Cl)CC. The molecule has 0 fully saturated rings. The Balaban J connectivity index is 6.35. The minimum absolute atomic E-state index is 0.280. The van der Waals surface area contributed by atoms with Gasteiger partial charge in [-0.05, 0) is 38.5 Å². The van der Waals surface area contributed by atoms with Crippen LogP contribution in [0.2, 0.25) is 0 Å². The van der Waals surface area contributed by atoms with Crippen LogP contribution in [-0.4, -0.2) is 10.00 Å². The Morgan fingerprint density at radius 2 is 0.950 bits per heavy atom. The van der Waals surface area contributed by atoms with E-state index in [1.54, 1.807) is 0 Å². The lowest BCUT2D eigenvalue weighted by atomic mass is 9.50. The van der Waals surface area contributed by atoms with Crippen LogP contribution < -0.4 is 11.5 Å². The van der Waals surface area contributed by atoms with Gasteiger partial charge >= 0.3 is 0 Å². The highest BCUT2D eigenvalue weighted by molar-refractivity contribution is 6.49. The Morgan fingerprint density at radius 3 is 1.15 bits per heavy atom. The van der Waals surface area contributed by atoms with Crippen molar-refractivity contribution in [3.8, 4) is 0 Å². The van der Waals surface area contributed by atoms with Crippen LogP contribution in [0.4, 0.5) is 0 Å². The topological polar surface area (TPSA) is 52.0 Å². The molecule has 0 aromatic heterocycles. The highest BCUT2D eigenvalue weighted by Gasteiger charge is 2.63. The number of hydrogen-bond acceptors (Lipinski definition) is 2. The maximum atomic E-state index is 6.80. The molecule has 0 aliphatic heterocycles. The van der Waals surface area contributed by atoms with Crippen LogP contribution in [0, 0.1) is 10.8 Å². The predicted molar refractivity (Wildman–Crippen MR) is 92.2 cm³/mol. The lowest BCUT2D eigenvalue weighted by molar-refractivity contribution is -0.0695. The number of hydrogen-bond donors (Lipinski definition) is 2. The monoisotopic (exact) mass is 324 g/mol. The molecular weight excluding hydrogens is 291 g/mol. The molecule has 0 aromatic carbocycles. The van der Waals surface area contributed by atoms with E-state index in [0.717, 1.165) is 25.7 Å². The minimum atomic E-state index is -0.818. The van der Waals surface area contributed by atoms with Gasteiger partial charge in [0.25, 0.3) is 0 Å². The standard InChI is InChI=1S/C16H34Cl2N2/c1-7-13(8-2,15(17,18)11-5)14(9-3,10-4)16(19,20)12-6/h7-12,19-20H2,1-6H3. The molecule has 0 aliphatic carbocycles. The van der Waals surface area contributed by atoms with Gasteiger partial charge < -0.3 is 11.5 Å². The maximum absolute atomic E-state index is 6.80. The summed E-state index contributed by atoms with van der Waals surface area (Å²) in [5, 5.41) is 0. The number of rotatable bonds is 9.